The van der Waals surface area contributed by atoms with Crippen LogP contribution in [0.4, 0.5) is 19.6 Å². The van der Waals surface area contributed by atoms with Gasteiger partial charge in [0.05, 0.1) is 0 Å². The lowest BCUT2D eigenvalue weighted by molar-refractivity contribution is -0.123. The predicted octanol–water partition coefficient (Wildman–Crippen LogP) is 2.60. The molecule has 130 valence electrons. The molecule has 1 heterocycles. The summed E-state index contributed by atoms with van der Waals surface area (Å²) < 4.78 is 52.7. The lowest BCUT2D eigenvalue weighted by Gasteiger charge is -2.15. The number of nitrogens with zero attached hydrogens (tertiary/aromatic N) is 2. The van der Waals surface area contributed by atoms with Crippen LogP contribution >= 0.6 is 11.3 Å². The lowest BCUT2D eigenvalue weighted by Crippen LogP contribution is -2.27. The van der Waals surface area contributed by atoms with Crippen molar-refractivity contribution in [3.8, 4) is 0 Å². The van der Waals surface area contributed by atoms with Crippen molar-refractivity contribution in [3.05, 3.63) is 29.8 Å². The lowest BCUT2D eigenvalue weighted by atomic mass is 9.96. The van der Waals surface area contributed by atoms with Crippen molar-refractivity contribution in [2.45, 2.75) is 25.1 Å². The van der Waals surface area contributed by atoms with Crippen LogP contribution in [0.25, 0.3) is 0 Å². The number of nitrogens with one attached hydrogen (secondary N) is 2. The molecule has 1 amide bonds. The average molecular weight is 376 g/mol. The first-order chi connectivity index (χ1) is 11.0. The highest BCUT2D eigenvalue weighted by Crippen LogP contribution is 2.26. The summed E-state index contributed by atoms with van der Waals surface area (Å²) in [5, 5.41) is 9.38. The number of hydrogen-bond acceptors (Lipinski definition) is 6. The van der Waals surface area contributed by atoms with Gasteiger partial charge >= 0.3 is 0 Å². The van der Waals surface area contributed by atoms with Gasteiger partial charge in [-0.1, -0.05) is 38.2 Å². The fraction of sp³-hybridized carbons (Fsp3) is 0.308. The van der Waals surface area contributed by atoms with Crippen LogP contribution in [-0.2, 0) is 14.8 Å². The highest BCUT2D eigenvalue weighted by Gasteiger charge is 2.26. The highest BCUT2D eigenvalue weighted by molar-refractivity contribution is 7.94. The fourth-order valence-corrected chi connectivity index (χ4v) is 3.40. The highest BCUT2D eigenvalue weighted by atomic mass is 32.2. The summed E-state index contributed by atoms with van der Waals surface area (Å²) >= 11 is 0.566. The Morgan fingerprint density at radius 2 is 1.75 bits per heavy atom. The van der Waals surface area contributed by atoms with Crippen LogP contribution < -0.4 is 10.0 Å². The molecule has 7 nitrogen and oxygen atoms in total. The summed E-state index contributed by atoms with van der Waals surface area (Å²) in [5.41, 5.74) is -1.52. The molecule has 0 saturated heterocycles. The van der Waals surface area contributed by atoms with E-state index in [1.807, 2.05) is 0 Å². The van der Waals surface area contributed by atoms with Crippen molar-refractivity contribution in [2.24, 2.45) is 5.41 Å². The Labute approximate surface area is 141 Å². The molecule has 0 aliphatic carbocycles. The molecule has 0 fully saturated rings. The Morgan fingerprint density at radius 3 is 2.29 bits per heavy atom. The Balaban J connectivity index is 2.24. The Bertz CT molecular complexity index is 855. The van der Waals surface area contributed by atoms with Crippen molar-refractivity contribution in [1.29, 1.82) is 0 Å². The summed E-state index contributed by atoms with van der Waals surface area (Å²) in [4.78, 5) is 11.8. The summed E-state index contributed by atoms with van der Waals surface area (Å²) in [6.45, 7) is 5.01. The van der Waals surface area contributed by atoms with E-state index < -0.39 is 37.1 Å². The summed E-state index contributed by atoms with van der Waals surface area (Å²) in [6, 6.07) is 2.93. The second-order valence-corrected chi connectivity index (χ2v) is 8.61. The maximum atomic E-state index is 13.5. The third-order valence-electron chi connectivity index (χ3n) is 2.74. The van der Waals surface area contributed by atoms with Gasteiger partial charge < -0.3 is 5.32 Å². The van der Waals surface area contributed by atoms with Gasteiger partial charge in [0, 0.05) is 5.41 Å². The molecule has 1 aromatic heterocycles. The molecule has 24 heavy (non-hydrogen) atoms. The standard InChI is InChI=1S/C13H14F2N4O3S2/c1-13(2,3)10(20)16-11-17-18-12(23-11)24(21,22)19-9-7(14)5-4-6-8(9)15/h4-6,19H,1-3H3,(H,16,17,20). The number of carbonyl (C=O) groups excluding carboxylic acids is 1. The van der Waals surface area contributed by atoms with E-state index in [-0.39, 0.29) is 11.0 Å². The zero-order chi connectivity index (χ0) is 18.1. The van der Waals surface area contributed by atoms with E-state index in [1.165, 1.54) is 0 Å². The Morgan fingerprint density at radius 1 is 1.17 bits per heavy atom. The van der Waals surface area contributed by atoms with Crippen molar-refractivity contribution < 1.29 is 22.0 Å². The largest absolute Gasteiger partial charge is 0.300 e. The van der Waals surface area contributed by atoms with E-state index in [0.29, 0.717) is 11.3 Å². The van der Waals surface area contributed by atoms with Crippen molar-refractivity contribution in [3.63, 3.8) is 0 Å². The molecule has 2 aromatic rings. The average Bonchev–Trinajstić information content (AvgIpc) is 2.91. The molecule has 0 atom stereocenters. The summed E-state index contributed by atoms with van der Waals surface area (Å²) in [5.74, 6) is -2.51. The van der Waals surface area contributed by atoms with E-state index in [2.05, 4.69) is 15.5 Å². The molecule has 0 bridgehead atoms. The van der Waals surface area contributed by atoms with E-state index in [4.69, 9.17) is 0 Å². The normalized spacial score (nSPS) is 12.0. The second-order valence-electron chi connectivity index (χ2n) is 5.78. The molecule has 0 saturated carbocycles. The van der Waals surface area contributed by atoms with E-state index >= 15 is 0 Å². The second kappa shape index (κ2) is 6.40. The van der Waals surface area contributed by atoms with Crippen LogP contribution in [0, 0.1) is 17.0 Å². The maximum absolute atomic E-state index is 13.5. The number of rotatable bonds is 4. The van der Waals surface area contributed by atoms with Crippen molar-refractivity contribution in [2.75, 3.05) is 10.0 Å². The molecule has 0 aliphatic heterocycles. The Hall–Kier alpha value is -2.14. The molecule has 2 rings (SSSR count). The van der Waals surface area contributed by atoms with Gasteiger partial charge in [0.2, 0.25) is 11.0 Å². The predicted molar refractivity (Wildman–Crippen MR) is 85.2 cm³/mol. The zero-order valence-electron chi connectivity index (χ0n) is 12.9. The van der Waals surface area contributed by atoms with Crippen LogP contribution in [0.5, 0.6) is 0 Å². The van der Waals surface area contributed by atoms with Gasteiger partial charge in [0.15, 0.2) is 0 Å². The first kappa shape index (κ1) is 18.2. The van der Waals surface area contributed by atoms with Crippen LogP contribution in [0.1, 0.15) is 20.8 Å². The van der Waals surface area contributed by atoms with E-state index in [0.717, 1.165) is 18.2 Å². The van der Waals surface area contributed by atoms with Gasteiger partial charge in [-0.05, 0) is 12.1 Å². The number of benzene rings is 1. The quantitative estimate of drug-likeness (QED) is 0.799. The van der Waals surface area contributed by atoms with Crippen LogP contribution in [0.15, 0.2) is 22.5 Å². The van der Waals surface area contributed by atoms with Gasteiger partial charge in [-0.2, -0.15) is 8.42 Å². The number of carbonyl (C=O) groups is 1. The first-order valence-corrected chi connectivity index (χ1v) is 8.92. The monoisotopic (exact) mass is 376 g/mol. The van der Waals surface area contributed by atoms with E-state index in [9.17, 15) is 22.0 Å². The zero-order valence-corrected chi connectivity index (χ0v) is 14.6. The minimum Gasteiger partial charge on any atom is -0.300 e. The van der Waals surface area contributed by atoms with Crippen LogP contribution in [0.2, 0.25) is 0 Å². The number of para-hydroxylation sites is 1. The van der Waals surface area contributed by atoms with Crippen molar-refractivity contribution in [1.82, 2.24) is 10.2 Å². The molecule has 11 heteroatoms. The van der Waals surface area contributed by atoms with Crippen LogP contribution in [0.3, 0.4) is 0 Å². The molecule has 0 aliphatic rings. The van der Waals surface area contributed by atoms with Crippen LogP contribution in [-0.4, -0.2) is 24.5 Å². The molecule has 1 aromatic carbocycles. The number of aromatic nitrogens is 2. The first-order valence-electron chi connectivity index (χ1n) is 6.62. The Kier molecular flexibility index (Phi) is 4.85. The number of halogens is 2. The number of anilines is 2. The fourth-order valence-electron chi connectivity index (χ4n) is 1.43. The summed E-state index contributed by atoms with van der Waals surface area (Å²) in [6.07, 6.45) is 0. The third kappa shape index (κ3) is 4.03. The topological polar surface area (TPSA) is 101 Å². The SMILES string of the molecule is CC(C)(C)C(=O)Nc1nnc(S(=O)(=O)Nc2c(F)cccc2F)s1. The van der Waals surface area contributed by atoms with E-state index in [1.54, 1.807) is 25.5 Å². The minimum absolute atomic E-state index is 0.0377. The molecule has 0 radical (unpaired) electrons. The smallest absolute Gasteiger partial charge is 0.291 e. The molecular weight excluding hydrogens is 362 g/mol. The number of hydrogen-bond donors (Lipinski definition) is 2. The van der Waals surface area contributed by atoms with Gasteiger partial charge in [-0.25, -0.2) is 8.78 Å². The third-order valence-corrected chi connectivity index (χ3v) is 5.29. The summed E-state index contributed by atoms with van der Waals surface area (Å²) in [7, 11) is -4.35. The maximum Gasteiger partial charge on any atom is 0.291 e. The molecule has 2 N–H and O–H groups in total. The molecule has 0 spiro atoms. The molecule has 0 unspecified atom stereocenters. The minimum atomic E-state index is -4.35. The molecular formula is C13H14F2N4O3S2. The van der Waals surface area contributed by atoms with Crippen molar-refractivity contribution >= 4 is 38.1 Å². The van der Waals surface area contributed by atoms with Gasteiger partial charge in [-0.3, -0.25) is 9.52 Å². The van der Waals surface area contributed by atoms with Gasteiger partial charge in [0.25, 0.3) is 14.4 Å². The number of amides is 1. The van der Waals surface area contributed by atoms with Gasteiger partial charge in [-0.15, -0.1) is 10.2 Å². The number of sulfonamides is 1. The van der Waals surface area contributed by atoms with Gasteiger partial charge in [0.1, 0.15) is 17.3 Å².